The van der Waals surface area contributed by atoms with Gasteiger partial charge in [-0.3, -0.25) is 14.7 Å². The molecule has 0 aliphatic carbocycles. The molecule has 0 spiro atoms. The summed E-state index contributed by atoms with van der Waals surface area (Å²) in [4.78, 5) is 16.1. The van der Waals surface area contributed by atoms with E-state index in [1.807, 2.05) is 0 Å². The molecule has 2 heterocycles. The fraction of sp³-hybridized carbons (Fsp3) is 0.250. The molecule has 0 fully saturated rings. The van der Waals surface area contributed by atoms with Gasteiger partial charge in [0.2, 0.25) is 0 Å². The van der Waals surface area contributed by atoms with Crippen LogP contribution >= 0.6 is 11.6 Å². The van der Waals surface area contributed by atoms with E-state index in [2.05, 4.69) is 15.4 Å². The number of carbonyl (C=O) groups excluding carboxylic acids is 1. The summed E-state index contributed by atoms with van der Waals surface area (Å²) in [6, 6.07) is 2.69. The molecule has 7 nitrogen and oxygen atoms in total. The number of carbonyl (C=O) groups is 1. The average molecular weight is 435 g/mol. The molecular formula is C20H21ClF2N6O. The molecule has 1 aromatic carbocycles. The molecule has 2 amide bonds. The average Bonchev–Trinajstić information content (AvgIpc) is 3.12. The highest BCUT2D eigenvalue weighted by Gasteiger charge is 2.20. The molecule has 158 valence electrons. The Morgan fingerprint density at radius 1 is 1.27 bits per heavy atom. The summed E-state index contributed by atoms with van der Waals surface area (Å²) in [5.41, 5.74) is 1.51. The molecule has 0 radical (unpaired) electrons. The molecule has 1 atom stereocenters. The van der Waals surface area contributed by atoms with E-state index in [1.165, 1.54) is 29.2 Å². The molecule has 30 heavy (non-hydrogen) atoms. The second-order valence-electron chi connectivity index (χ2n) is 6.76. The highest BCUT2D eigenvalue weighted by Crippen LogP contribution is 2.37. The molecule has 0 aliphatic rings. The summed E-state index contributed by atoms with van der Waals surface area (Å²) in [5, 5.41) is 7.78. The van der Waals surface area contributed by atoms with Gasteiger partial charge >= 0.3 is 6.03 Å². The minimum Gasteiger partial charge on any atom is -0.329 e. The van der Waals surface area contributed by atoms with Crippen LogP contribution in [-0.2, 0) is 7.05 Å². The number of nitrogens with one attached hydrogen (secondary N) is 1. The number of rotatable bonds is 5. The van der Waals surface area contributed by atoms with Crippen LogP contribution in [0, 0.1) is 11.6 Å². The van der Waals surface area contributed by atoms with Crippen LogP contribution in [0.15, 0.2) is 36.8 Å². The van der Waals surface area contributed by atoms with Crippen LogP contribution in [0.3, 0.4) is 0 Å². The Labute approximate surface area is 177 Å². The molecule has 3 N–H and O–H groups in total. The van der Waals surface area contributed by atoms with Gasteiger partial charge < -0.3 is 5.32 Å². The number of pyridine rings is 1. The fourth-order valence-corrected chi connectivity index (χ4v) is 3.24. The minimum atomic E-state index is -0.724. The van der Waals surface area contributed by atoms with Crippen molar-refractivity contribution in [3.63, 3.8) is 0 Å². The lowest BCUT2D eigenvalue weighted by atomic mass is 9.96. The lowest BCUT2D eigenvalue weighted by Gasteiger charge is -2.20. The van der Waals surface area contributed by atoms with Gasteiger partial charge in [0.25, 0.3) is 0 Å². The number of benzene rings is 1. The van der Waals surface area contributed by atoms with Gasteiger partial charge in [-0.1, -0.05) is 11.6 Å². The van der Waals surface area contributed by atoms with Gasteiger partial charge in [-0.05, 0) is 37.6 Å². The van der Waals surface area contributed by atoms with Gasteiger partial charge in [-0.15, -0.1) is 0 Å². The Kier molecular flexibility index (Phi) is 6.33. The first-order valence-corrected chi connectivity index (χ1v) is 9.55. The molecule has 2 aromatic heterocycles. The van der Waals surface area contributed by atoms with Crippen molar-refractivity contribution in [2.24, 2.45) is 12.9 Å². The van der Waals surface area contributed by atoms with Crippen molar-refractivity contribution in [3.8, 4) is 22.3 Å². The van der Waals surface area contributed by atoms with Gasteiger partial charge in [0, 0.05) is 47.7 Å². The van der Waals surface area contributed by atoms with Crippen LogP contribution in [0.4, 0.5) is 13.6 Å². The highest BCUT2D eigenvalue weighted by molar-refractivity contribution is 6.31. The second-order valence-corrected chi connectivity index (χ2v) is 7.20. The summed E-state index contributed by atoms with van der Waals surface area (Å²) < 4.78 is 31.1. The number of amides is 2. The number of urea groups is 1. The predicted molar refractivity (Wildman–Crippen MR) is 110 cm³/mol. The van der Waals surface area contributed by atoms with E-state index in [1.54, 1.807) is 33.2 Å². The van der Waals surface area contributed by atoms with E-state index in [0.717, 1.165) is 5.01 Å². The third-order valence-electron chi connectivity index (χ3n) is 4.58. The van der Waals surface area contributed by atoms with E-state index in [0.29, 0.717) is 23.2 Å². The number of nitrogens with two attached hydrogens (primary N) is 1. The van der Waals surface area contributed by atoms with Crippen LogP contribution in [-0.4, -0.2) is 32.3 Å². The van der Waals surface area contributed by atoms with E-state index in [4.69, 9.17) is 17.4 Å². The predicted octanol–water partition coefficient (Wildman–Crippen LogP) is 4.05. The van der Waals surface area contributed by atoms with E-state index in [9.17, 15) is 13.6 Å². The first-order valence-electron chi connectivity index (χ1n) is 9.17. The van der Waals surface area contributed by atoms with Crippen LogP contribution in [0.5, 0.6) is 0 Å². The maximum Gasteiger partial charge on any atom is 0.332 e. The largest absolute Gasteiger partial charge is 0.332 e. The molecule has 0 bridgehead atoms. The molecule has 0 saturated carbocycles. The van der Waals surface area contributed by atoms with Gasteiger partial charge in [-0.2, -0.15) is 5.10 Å². The zero-order chi connectivity index (χ0) is 22.0. The molecule has 0 aliphatic heterocycles. The number of aromatic nitrogens is 3. The Balaban J connectivity index is 2.00. The summed E-state index contributed by atoms with van der Waals surface area (Å²) >= 11 is 6.05. The van der Waals surface area contributed by atoms with E-state index >= 15 is 0 Å². The smallest absolute Gasteiger partial charge is 0.329 e. The topological polar surface area (TPSA) is 89.1 Å². The number of aryl methyl sites for hydroxylation is 1. The molecule has 3 rings (SSSR count). The lowest BCUT2D eigenvalue weighted by molar-refractivity contribution is 0.198. The Morgan fingerprint density at radius 2 is 2.00 bits per heavy atom. The van der Waals surface area contributed by atoms with Crippen molar-refractivity contribution >= 4 is 17.6 Å². The molecule has 10 heteroatoms. The first kappa shape index (κ1) is 21.7. The second kappa shape index (κ2) is 8.76. The van der Waals surface area contributed by atoms with E-state index < -0.39 is 23.7 Å². The molecule has 0 saturated heterocycles. The summed E-state index contributed by atoms with van der Waals surface area (Å²) in [5.74, 6) is 4.32. The maximum absolute atomic E-state index is 14.9. The first-order chi connectivity index (χ1) is 14.2. The third kappa shape index (κ3) is 4.42. The van der Waals surface area contributed by atoms with Crippen molar-refractivity contribution in [1.29, 1.82) is 0 Å². The number of hydrazine groups is 1. The van der Waals surface area contributed by atoms with Gasteiger partial charge in [0.15, 0.2) is 0 Å². The third-order valence-corrected chi connectivity index (χ3v) is 4.80. The Morgan fingerprint density at radius 3 is 2.60 bits per heavy atom. The highest BCUT2D eigenvalue weighted by atomic mass is 35.5. The van der Waals surface area contributed by atoms with Crippen molar-refractivity contribution in [2.75, 3.05) is 6.54 Å². The van der Waals surface area contributed by atoms with Crippen molar-refractivity contribution < 1.29 is 13.6 Å². The van der Waals surface area contributed by atoms with Crippen LogP contribution in [0.2, 0.25) is 5.02 Å². The van der Waals surface area contributed by atoms with Crippen LogP contribution in [0.1, 0.15) is 25.6 Å². The lowest BCUT2D eigenvalue weighted by Crippen LogP contribution is -2.45. The van der Waals surface area contributed by atoms with E-state index in [-0.39, 0.29) is 16.3 Å². The number of hydrogen-bond donors (Lipinski definition) is 2. The van der Waals surface area contributed by atoms with Crippen LogP contribution in [0.25, 0.3) is 22.3 Å². The summed E-state index contributed by atoms with van der Waals surface area (Å²) in [6.07, 6.45) is 4.57. The summed E-state index contributed by atoms with van der Waals surface area (Å²) in [7, 11) is 1.71. The van der Waals surface area contributed by atoms with Gasteiger partial charge in [0.1, 0.15) is 11.6 Å². The van der Waals surface area contributed by atoms with Gasteiger partial charge in [0.05, 0.1) is 17.9 Å². The van der Waals surface area contributed by atoms with Crippen LogP contribution < -0.4 is 11.2 Å². The van der Waals surface area contributed by atoms with Crippen molar-refractivity contribution in [2.45, 2.75) is 19.9 Å². The maximum atomic E-state index is 14.9. The SMILES string of the molecule is CCN(N)C(=O)NC(C)c1ncc(-c2cc(Cl)cc(F)c2-c2cnn(C)c2)cc1F. The Bertz CT molecular complexity index is 1090. The van der Waals surface area contributed by atoms with Crippen molar-refractivity contribution in [1.82, 2.24) is 25.1 Å². The zero-order valence-electron chi connectivity index (χ0n) is 16.7. The molecule has 1 unspecified atom stereocenters. The number of nitrogens with zero attached hydrogens (tertiary/aromatic N) is 4. The minimum absolute atomic E-state index is 0.0297. The Hall–Kier alpha value is -3.04. The number of hydrogen-bond acceptors (Lipinski definition) is 4. The summed E-state index contributed by atoms with van der Waals surface area (Å²) in [6.45, 7) is 3.60. The van der Waals surface area contributed by atoms with Gasteiger partial charge in [-0.25, -0.2) is 19.4 Å². The fourth-order valence-electron chi connectivity index (χ4n) is 3.04. The standard InChI is InChI=1S/C20H21ClF2N6O/c1-4-29(24)20(30)27-11(2)19-17(23)5-12(8-25-19)15-6-14(21)7-16(22)18(15)13-9-26-28(3)10-13/h5-11H,4,24H2,1-3H3,(H,27,30). The monoisotopic (exact) mass is 434 g/mol. The molecule has 3 aromatic rings. The zero-order valence-corrected chi connectivity index (χ0v) is 17.4. The normalized spacial score (nSPS) is 12.0. The quantitative estimate of drug-likeness (QED) is 0.360. The molecular weight excluding hydrogens is 414 g/mol. The van der Waals surface area contributed by atoms with Crippen molar-refractivity contribution in [3.05, 3.63) is 59.1 Å². The number of halogens is 3.